The molecular formula is C46H39Cl2N. The maximum Gasteiger partial charge on any atom is 0.0458 e. The Morgan fingerprint density at radius 1 is 0.490 bits per heavy atom. The zero-order chi connectivity index (χ0) is 34.3. The maximum absolute atomic E-state index is 6.30. The van der Waals surface area contributed by atoms with Gasteiger partial charge in [-0.05, 0) is 121 Å². The van der Waals surface area contributed by atoms with Crippen molar-refractivity contribution in [1.82, 2.24) is 0 Å². The minimum Gasteiger partial charge on any atom is -0.317 e. The van der Waals surface area contributed by atoms with Crippen molar-refractivity contribution < 1.29 is 0 Å². The summed E-state index contributed by atoms with van der Waals surface area (Å²) in [5, 5.41) is 1.41. The van der Waals surface area contributed by atoms with Crippen molar-refractivity contribution in [1.29, 1.82) is 0 Å². The van der Waals surface area contributed by atoms with Crippen LogP contribution in [0.15, 0.2) is 158 Å². The standard InChI is InChI=1S/C46H39Cl2N/c1-32-11-15-37(16-12-32)45(38-17-13-33(2)14-18-38)10-6-8-36-23-28-44(30-35(36)4)49(43-9-5-7-34(3)29-43)31-46(39-19-24-41(47)25-20-39)40-21-26-42(48)27-22-40/h5-31H,1-4H3. The van der Waals surface area contributed by atoms with Gasteiger partial charge in [0, 0.05) is 33.2 Å². The fraction of sp³-hybridized carbons (Fsp3) is 0.0870. The summed E-state index contributed by atoms with van der Waals surface area (Å²) < 4.78 is 0. The topological polar surface area (TPSA) is 3.24 Å². The summed E-state index contributed by atoms with van der Waals surface area (Å²) in [6, 6.07) is 48.7. The van der Waals surface area contributed by atoms with Crippen LogP contribution < -0.4 is 4.90 Å². The molecule has 3 heteroatoms. The Bertz CT molecular complexity index is 2040. The third-order valence-corrected chi connectivity index (χ3v) is 9.15. The Morgan fingerprint density at radius 2 is 0.980 bits per heavy atom. The molecule has 0 spiro atoms. The molecule has 0 amide bonds. The van der Waals surface area contributed by atoms with Gasteiger partial charge in [0.2, 0.25) is 0 Å². The van der Waals surface area contributed by atoms with Gasteiger partial charge >= 0.3 is 0 Å². The molecule has 6 aromatic rings. The molecule has 0 saturated carbocycles. The van der Waals surface area contributed by atoms with Gasteiger partial charge in [0.1, 0.15) is 0 Å². The van der Waals surface area contributed by atoms with Gasteiger partial charge in [-0.25, -0.2) is 0 Å². The van der Waals surface area contributed by atoms with E-state index in [0.717, 1.165) is 33.6 Å². The van der Waals surface area contributed by atoms with Crippen LogP contribution in [0.5, 0.6) is 0 Å². The molecule has 0 saturated heterocycles. The molecular weight excluding hydrogens is 637 g/mol. The van der Waals surface area contributed by atoms with Gasteiger partial charge in [0.05, 0.1) is 0 Å². The minimum atomic E-state index is 0.703. The van der Waals surface area contributed by atoms with E-state index in [1.807, 2.05) is 24.3 Å². The molecule has 49 heavy (non-hydrogen) atoms. The monoisotopic (exact) mass is 675 g/mol. The molecule has 0 aliphatic carbocycles. The second-order valence-electron chi connectivity index (χ2n) is 12.5. The zero-order valence-electron chi connectivity index (χ0n) is 28.3. The van der Waals surface area contributed by atoms with Gasteiger partial charge in [0.25, 0.3) is 0 Å². The normalized spacial score (nSPS) is 11.0. The molecule has 0 unspecified atom stereocenters. The van der Waals surface area contributed by atoms with Crippen LogP contribution >= 0.6 is 23.2 Å². The lowest BCUT2D eigenvalue weighted by atomic mass is 9.95. The van der Waals surface area contributed by atoms with E-state index in [1.165, 1.54) is 39.0 Å². The summed E-state index contributed by atoms with van der Waals surface area (Å²) in [5.74, 6) is 0. The van der Waals surface area contributed by atoms with Crippen molar-refractivity contribution in [2.45, 2.75) is 27.7 Å². The molecule has 0 radical (unpaired) electrons. The predicted octanol–water partition coefficient (Wildman–Crippen LogP) is 13.6. The van der Waals surface area contributed by atoms with E-state index in [1.54, 1.807) is 0 Å². The van der Waals surface area contributed by atoms with Crippen LogP contribution in [0.2, 0.25) is 10.0 Å². The number of allylic oxidation sites excluding steroid dienone is 2. The highest BCUT2D eigenvalue weighted by atomic mass is 35.5. The molecule has 242 valence electrons. The van der Waals surface area contributed by atoms with Crippen LogP contribution in [0.1, 0.15) is 50.1 Å². The van der Waals surface area contributed by atoms with E-state index in [4.69, 9.17) is 23.2 Å². The lowest BCUT2D eigenvalue weighted by Gasteiger charge is -2.24. The molecule has 0 bridgehead atoms. The lowest BCUT2D eigenvalue weighted by Crippen LogP contribution is -2.11. The fourth-order valence-corrected chi connectivity index (χ4v) is 6.10. The summed E-state index contributed by atoms with van der Waals surface area (Å²) in [5.41, 5.74) is 14.9. The van der Waals surface area contributed by atoms with Crippen LogP contribution in [-0.2, 0) is 0 Å². The molecule has 0 heterocycles. The highest BCUT2D eigenvalue weighted by Crippen LogP contribution is 2.34. The molecule has 0 atom stereocenters. The number of nitrogens with zero attached hydrogens (tertiary/aromatic N) is 1. The Hall–Kier alpha value is -5.08. The van der Waals surface area contributed by atoms with Crippen LogP contribution in [0.3, 0.4) is 0 Å². The largest absolute Gasteiger partial charge is 0.317 e. The van der Waals surface area contributed by atoms with E-state index in [2.05, 4.69) is 172 Å². The third-order valence-electron chi connectivity index (χ3n) is 8.64. The average Bonchev–Trinajstić information content (AvgIpc) is 3.10. The predicted molar refractivity (Wildman–Crippen MR) is 213 cm³/mol. The highest BCUT2D eigenvalue weighted by molar-refractivity contribution is 6.31. The van der Waals surface area contributed by atoms with Gasteiger partial charge in [0.15, 0.2) is 0 Å². The first-order chi connectivity index (χ1) is 23.7. The van der Waals surface area contributed by atoms with Crippen LogP contribution in [-0.4, -0.2) is 0 Å². The van der Waals surface area contributed by atoms with Crippen molar-refractivity contribution in [2.24, 2.45) is 0 Å². The lowest BCUT2D eigenvalue weighted by molar-refractivity contribution is 1.25. The fourth-order valence-electron chi connectivity index (χ4n) is 5.85. The van der Waals surface area contributed by atoms with Crippen molar-refractivity contribution >= 4 is 51.8 Å². The number of benzene rings is 6. The maximum atomic E-state index is 6.30. The Labute approximate surface area is 301 Å². The molecule has 6 aromatic carbocycles. The van der Waals surface area contributed by atoms with E-state index < -0.39 is 0 Å². The van der Waals surface area contributed by atoms with Crippen LogP contribution in [0.4, 0.5) is 11.4 Å². The summed E-state index contributed by atoms with van der Waals surface area (Å²) >= 11 is 12.6. The van der Waals surface area contributed by atoms with Crippen molar-refractivity contribution in [2.75, 3.05) is 4.90 Å². The number of aryl methyl sites for hydroxylation is 4. The number of hydrogen-bond acceptors (Lipinski definition) is 1. The molecule has 0 fully saturated rings. The van der Waals surface area contributed by atoms with Gasteiger partial charge < -0.3 is 4.90 Å². The smallest absolute Gasteiger partial charge is 0.0458 e. The second-order valence-corrected chi connectivity index (χ2v) is 13.4. The zero-order valence-corrected chi connectivity index (χ0v) is 29.8. The molecule has 1 nitrogen and oxygen atoms in total. The van der Waals surface area contributed by atoms with Gasteiger partial charge in [-0.1, -0.05) is 144 Å². The molecule has 0 N–H and O–H groups in total. The number of anilines is 2. The first-order valence-corrected chi connectivity index (χ1v) is 17.2. The van der Waals surface area contributed by atoms with E-state index in [0.29, 0.717) is 10.0 Å². The highest BCUT2D eigenvalue weighted by Gasteiger charge is 2.14. The Morgan fingerprint density at radius 3 is 1.49 bits per heavy atom. The van der Waals surface area contributed by atoms with E-state index >= 15 is 0 Å². The SMILES string of the molecule is Cc1ccc(C(=CC=Cc2ccc(N(C=C(c3ccc(Cl)cc3)c3ccc(Cl)cc3)c3cccc(C)c3)cc2C)c2ccc(C)cc2)cc1. The first kappa shape index (κ1) is 33.8. The van der Waals surface area contributed by atoms with Gasteiger partial charge in [-0.15, -0.1) is 0 Å². The second kappa shape index (κ2) is 15.4. The van der Waals surface area contributed by atoms with E-state index in [9.17, 15) is 0 Å². The van der Waals surface area contributed by atoms with Crippen molar-refractivity contribution in [3.8, 4) is 0 Å². The minimum absolute atomic E-state index is 0.703. The molecule has 0 aliphatic heterocycles. The van der Waals surface area contributed by atoms with Gasteiger partial charge in [-0.2, -0.15) is 0 Å². The Kier molecular flexibility index (Phi) is 10.6. The number of rotatable bonds is 9. The van der Waals surface area contributed by atoms with Crippen molar-refractivity contribution in [3.63, 3.8) is 0 Å². The quantitative estimate of drug-likeness (QED) is 0.138. The average molecular weight is 677 g/mol. The first-order valence-electron chi connectivity index (χ1n) is 16.5. The van der Waals surface area contributed by atoms with Crippen LogP contribution in [0.25, 0.3) is 17.2 Å². The number of halogens is 2. The molecule has 0 aromatic heterocycles. The third kappa shape index (κ3) is 8.51. The summed E-state index contributed by atoms with van der Waals surface area (Å²) in [6.07, 6.45) is 8.79. The van der Waals surface area contributed by atoms with Crippen molar-refractivity contribution in [3.05, 3.63) is 218 Å². The summed E-state index contributed by atoms with van der Waals surface area (Å²) in [6.45, 7) is 8.54. The summed E-state index contributed by atoms with van der Waals surface area (Å²) in [4.78, 5) is 2.26. The molecule has 0 aliphatic rings. The number of hydrogen-bond donors (Lipinski definition) is 0. The Balaban J connectivity index is 1.40. The van der Waals surface area contributed by atoms with Gasteiger partial charge in [-0.3, -0.25) is 0 Å². The van der Waals surface area contributed by atoms with E-state index in [-0.39, 0.29) is 0 Å². The summed E-state index contributed by atoms with van der Waals surface area (Å²) in [7, 11) is 0. The molecule has 6 rings (SSSR count). The van der Waals surface area contributed by atoms with Crippen LogP contribution in [0, 0.1) is 27.7 Å².